The molecule has 3 unspecified atom stereocenters. The van der Waals surface area contributed by atoms with Gasteiger partial charge in [0.05, 0.1) is 33.8 Å². The highest BCUT2D eigenvalue weighted by Crippen LogP contribution is 2.38. The molecule has 9 nitrogen and oxygen atoms in total. The van der Waals surface area contributed by atoms with Crippen molar-refractivity contribution in [3.63, 3.8) is 0 Å². The summed E-state index contributed by atoms with van der Waals surface area (Å²) < 4.78 is 30.2. The number of esters is 1. The van der Waals surface area contributed by atoms with Crippen LogP contribution in [0.15, 0.2) is 146 Å². The summed E-state index contributed by atoms with van der Waals surface area (Å²) in [5.41, 5.74) is 0. The van der Waals surface area contributed by atoms with E-state index < -0.39 is 32.5 Å². The number of likely N-dealkylation sites (N-methyl/N-ethyl adjacent to an activating group) is 1. The number of amides is 1. The first-order valence-electron chi connectivity index (χ1n) is 30.6. The molecule has 442 valence electrons. The van der Waals surface area contributed by atoms with Crippen LogP contribution >= 0.6 is 7.82 Å². The molecule has 0 bridgehead atoms. The number of carbonyl (C=O) groups is 2. The van der Waals surface area contributed by atoms with Crippen LogP contribution in [0.2, 0.25) is 0 Å². The predicted octanol–water partition coefficient (Wildman–Crippen LogP) is 18.4. The molecule has 0 saturated carbocycles. The van der Waals surface area contributed by atoms with Crippen LogP contribution in [0.25, 0.3) is 0 Å². The highest BCUT2D eigenvalue weighted by atomic mass is 31.2. The van der Waals surface area contributed by atoms with Gasteiger partial charge < -0.3 is 28.5 Å². The fourth-order valence-corrected chi connectivity index (χ4v) is 8.58. The van der Waals surface area contributed by atoms with Crippen LogP contribution in [-0.2, 0) is 27.9 Å². The fourth-order valence-electron chi connectivity index (χ4n) is 7.85. The van der Waals surface area contributed by atoms with Crippen LogP contribution in [0.5, 0.6) is 0 Å². The molecule has 10 heteroatoms. The average molecular weight is 1100 g/mol. The van der Waals surface area contributed by atoms with Crippen LogP contribution in [0, 0.1) is 0 Å². The number of ether oxygens (including phenoxy) is 1. The standard InChI is InChI=1S/C68H113N2O7P/c1-7-10-13-16-19-22-25-28-30-32-33-34-35-36-37-39-40-42-45-48-51-54-57-60-67(71)69-65(64-76-78(73,74)75-63-62-70(4,5)6)66(59-56-53-50-47-44-27-24-21-18-15-12-9-3)77-68(72)61-58-55-52-49-46-43-41-38-31-29-26-23-20-17-14-11-8-2/h10-11,13-14,19-20,22-23,28-31,33-34,36-37,40-43,49,52,56,59,65-66H,7-9,12,15-18,21,24-27,32,35,38-39,44-48,50-51,53-55,57-58,60-64H2,1-6H3,(H-,69,71,73,74)/b13-10-,14-11-,22-19-,23-20-,30-28-,31-29-,34-33-,37-36-,42-40-,43-41-,52-49-,59-56-. The van der Waals surface area contributed by atoms with Crippen molar-refractivity contribution < 1.29 is 37.3 Å². The van der Waals surface area contributed by atoms with Crippen LogP contribution in [0.1, 0.15) is 220 Å². The van der Waals surface area contributed by atoms with E-state index in [-0.39, 0.29) is 25.4 Å². The maximum absolute atomic E-state index is 13.5. The number of phosphoric acid groups is 1. The highest BCUT2D eigenvalue weighted by Gasteiger charge is 2.27. The third-order valence-corrected chi connectivity index (χ3v) is 13.5. The Hall–Kier alpha value is -4.11. The predicted molar refractivity (Wildman–Crippen MR) is 334 cm³/mol. The molecule has 0 rings (SSSR count). The monoisotopic (exact) mass is 1100 g/mol. The van der Waals surface area contributed by atoms with Gasteiger partial charge in [-0.25, -0.2) is 0 Å². The Morgan fingerprint density at radius 3 is 1.26 bits per heavy atom. The molecule has 0 aromatic rings. The van der Waals surface area contributed by atoms with Gasteiger partial charge in [-0.1, -0.05) is 231 Å². The quantitative estimate of drug-likeness (QED) is 0.0212. The number of hydrogen-bond donors (Lipinski definition) is 1. The van der Waals surface area contributed by atoms with E-state index in [4.69, 9.17) is 13.8 Å². The number of rotatable bonds is 53. The van der Waals surface area contributed by atoms with Gasteiger partial charge in [0.15, 0.2) is 0 Å². The van der Waals surface area contributed by atoms with Gasteiger partial charge in [-0.15, -0.1) is 0 Å². The van der Waals surface area contributed by atoms with Crippen molar-refractivity contribution >= 4 is 19.7 Å². The first-order valence-corrected chi connectivity index (χ1v) is 32.1. The first-order chi connectivity index (χ1) is 37.9. The number of unbranched alkanes of at least 4 members (excludes halogenated alkanes) is 15. The summed E-state index contributed by atoms with van der Waals surface area (Å²) >= 11 is 0. The Kier molecular flexibility index (Phi) is 53.2. The van der Waals surface area contributed by atoms with E-state index in [9.17, 15) is 19.0 Å². The summed E-state index contributed by atoms with van der Waals surface area (Å²) in [4.78, 5) is 40.0. The zero-order chi connectivity index (χ0) is 57.2. The largest absolute Gasteiger partial charge is 0.756 e. The number of nitrogens with zero attached hydrogens (tertiary/aromatic N) is 1. The van der Waals surface area contributed by atoms with E-state index in [1.165, 1.54) is 51.4 Å². The van der Waals surface area contributed by atoms with Gasteiger partial charge in [-0.05, 0) is 122 Å². The van der Waals surface area contributed by atoms with Crippen LogP contribution in [0.4, 0.5) is 0 Å². The van der Waals surface area contributed by atoms with Crippen molar-refractivity contribution in [1.29, 1.82) is 0 Å². The topological polar surface area (TPSA) is 114 Å². The van der Waals surface area contributed by atoms with Crippen molar-refractivity contribution in [2.45, 2.75) is 232 Å². The number of phosphoric ester groups is 1. The average Bonchev–Trinajstić information content (AvgIpc) is 3.40. The van der Waals surface area contributed by atoms with Crippen LogP contribution < -0.4 is 10.2 Å². The van der Waals surface area contributed by atoms with E-state index in [2.05, 4.69) is 160 Å². The molecule has 1 amide bonds. The van der Waals surface area contributed by atoms with E-state index >= 15 is 0 Å². The van der Waals surface area contributed by atoms with E-state index in [1.54, 1.807) is 6.08 Å². The summed E-state index contributed by atoms with van der Waals surface area (Å²) in [7, 11) is 1.11. The minimum absolute atomic E-state index is 0.0452. The van der Waals surface area contributed by atoms with Gasteiger partial charge >= 0.3 is 5.97 Å². The zero-order valence-corrected chi connectivity index (χ0v) is 51.2. The summed E-state index contributed by atoms with van der Waals surface area (Å²) in [6.07, 6.45) is 81.1. The molecule has 0 radical (unpaired) electrons. The fraction of sp³-hybridized carbons (Fsp3) is 0.618. The third kappa shape index (κ3) is 56.6. The molecule has 0 heterocycles. The molecule has 1 N–H and O–H groups in total. The molecule has 78 heavy (non-hydrogen) atoms. The minimum Gasteiger partial charge on any atom is -0.756 e. The lowest BCUT2D eigenvalue weighted by Gasteiger charge is -2.30. The smallest absolute Gasteiger partial charge is 0.306 e. The van der Waals surface area contributed by atoms with Crippen molar-refractivity contribution in [1.82, 2.24) is 5.32 Å². The summed E-state index contributed by atoms with van der Waals surface area (Å²) in [5.74, 6) is -0.652. The molecule has 0 aliphatic carbocycles. The van der Waals surface area contributed by atoms with E-state index in [0.717, 1.165) is 122 Å². The number of carbonyl (C=O) groups excluding carboxylic acids is 2. The summed E-state index contributed by atoms with van der Waals surface area (Å²) in [5, 5.41) is 2.99. The molecule has 0 fully saturated rings. The first kappa shape index (κ1) is 73.9. The Morgan fingerprint density at radius 2 is 0.833 bits per heavy atom. The highest BCUT2D eigenvalue weighted by molar-refractivity contribution is 7.45. The molecule has 3 atom stereocenters. The molecule has 0 aliphatic heterocycles. The second-order valence-corrected chi connectivity index (χ2v) is 22.5. The number of quaternary nitrogens is 1. The Morgan fingerprint density at radius 1 is 0.462 bits per heavy atom. The number of allylic oxidation sites excluding steroid dienone is 23. The number of nitrogens with one attached hydrogen (secondary N) is 1. The second-order valence-electron chi connectivity index (χ2n) is 21.1. The van der Waals surface area contributed by atoms with Gasteiger partial charge in [0.1, 0.15) is 19.3 Å². The van der Waals surface area contributed by atoms with Crippen molar-refractivity contribution in [3.8, 4) is 0 Å². The molecule has 0 aromatic carbocycles. The lowest BCUT2D eigenvalue weighted by Crippen LogP contribution is -2.47. The summed E-state index contributed by atoms with van der Waals surface area (Å²) in [6.45, 7) is 6.53. The van der Waals surface area contributed by atoms with Crippen molar-refractivity contribution in [2.75, 3.05) is 40.9 Å². The lowest BCUT2D eigenvalue weighted by atomic mass is 10.1. The van der Waals surface area contributed by atoms with Gasteiger partial charge in [0, 0.05) is 12.8 Å². The molecule has 0 spiro atoms. The maximum Gasteiger partial charge on any atom is 0.306 e. The van der Waals surface area contributed by atoms with Gasteiger partial charge in [0.2, 0.25) is 5.91 Å². The Bertz CT molecular complexity index is 1840. The third-order valence-electron chi connectivity index (χ3n) is 12.5. The van der Waals surface area contributed by atoms with Crippen molar-refractivity contribution in [3.05, 3.63) is 146 Å². The SMILES string of the molecule is CC/C=C\C/C=C\C/C=C\C/C=C\C/C=C\C/C=C\CCCCCCC(=O)NC(COP(=O)([O-])OCC[N+](C)(C)C)C(/C=C\CCCCCCCCCCCC)OC(=O)CCC/C=C\C/C=C\C/C=C\C/C=C\C/C=C\CC. The molecule has 0 saturated heterocycles. The molecular formula is C68H113N2O7P. The molecule has 0 aliphatic rings. The second kappa shape index (κ2) is 56.2. The Labute approximate surface area is 478 Å². The van der Waals surface area contributed by atoms with Crippen LogP contribution in [-0.4, -0.2) is 69.4 Å². The minimum atomic E-state index is -4.73. The molecular weight excluding hydrogens is 988 g/mol. The summed E-state index contributed by atoms with van der Waals surface area (Å²) in [6, 6.07) is -0.936. The number of hydrogen-bond acceptors (Lipinski definition) is 7. The van der Waals surface area contributed by atoms with E-state index in [0.29, 0.717) is 23.9 Å². The van der Waals surface area contributed by atoms with Gasteiger partial charge in [-0.3, -0.25) is 14.2 Å². The van der Waals surface area contributed by atoms with Crippen LogP contribution in [0.3, 0.4) is 0 Å². The zero-order valence-electron chi connectivity index (χ0n) is 50.3. The lowest BCUT2D eigenvalue weighted by molar-refractivity contribution is -0.870. The van der Waals surface area contributed by atoms with Crippen molar-refractivity contribution in [2.24, 2.45) is 0 Å². The Balaban J connectivity index is 5.40. The van der Waals surface area contributed by atoms with E-state index in [1.807, 2.05) is 27.2 Å². The normalized spacial score (nSPS) is 14.7. The van der Waals surface area contributed by atoms with Gasteiger partial charge in [0.25, 0.3) is 7.82 Å². The van der Waals surface area contributed by atoms with Gasteiger partial charge in [-0.2, -0.15) is 0 Å². The maximum atomic E-state index is 13.5. The molecule has 0 aromatic heterocycles.